The van der Waals surface area contributed by atoms with Gasteiger partial charge >= 0.3 is 0 Å². The molecule has 0 bridgehead atoms. The van der Waals surface area contributed by atoms with Crippen molar-refractivity contribution in [3.05, 3.63) is 18.6 Å². The second-order valence-corrected chi connectivity index (χ2v) is 3.17. The van der Waals surface area contributed by atoms with E-state index in [9.17, 15) is 0 Å². The van der Waals surface area contributed by atoms with E-state index in [1.165, 1.54) is 6.33 Å². The van der Waals surface area contributed by atoms with Gasteiger partial charge < -0.3 is 5.73 Å². The fourth-order valence-electron chi connectivity index (χ4n) is 1.35. The lowest BCUT2D eigenvalue weighted by Gasteiger charge is -2.03. The van der Waals surface area contributed by atoms with Crippen molar-refractivity contribution in [1.29, 1.82) is 0 Å². The Hall–Kier alpha value is -1.98. The van der Waals surface area contributed by atoms with Crippen molar-refractivity contribution in [2.75, 3.05) is 5.73 Å². The van der Waals surface area contributed by atoms with Gasteiger partial charge in [-0.15, -0.1) is 5.10 Å². The van der Waals surface area contributed by atoms with E-state index in [1.54, 1.807) is 12.3 Å². The van der Waals surface area contributed by atoms with Crippen LogP contribution < -0.4 is 5.73 Å². The third-order valence-electron chi connectivity index (χ3n) is 2.00. The predicted molar refractivity (Wildman–Crippen MR) is 55.8 cm³/mol. The maximum atomic E-state index is 5.59. The summed E-state index contributed by atoms with van der Waals surface area (Å²) in [6.45, 7) is 2.90. The Morgan fingerprint density at radius 3 is 3.00 bits per heavy atom. The molecule has 0 unspecified atom stereocenters. The van der Waals surface area contributed by atoms with Crippen LogP contribution in [0.4, 0.5) is 5.82 Å². The van der Waals surface area contributed by atoms with E-state index in [0.29, 0.717) is 5.82 Å². The van der Waals surface area contributed by atoms with E-state index in [4.69, 9.17) is 5.73 Å². The molecule has 2 heterocycles. The molecule has 6 nitrogen and oxygen atoms in total. The SMILES string of the molecule is CCCn1nncc1-c1cc(N)ncn1. The average molecular weight is 204 g/mol. The number of aryl methyl sites for hydroxylation is 1. The third-order valence-corrected chi connectivity index (χ3v) is 2.00. The molecule has 6 heteroatoms. The highest BCUT2D eigenvalue weighted by molar-refractivity contribution is 5.56. The minimum absolute atomic E-state index is 0.448. The van der Waals surface area contributed by atoms with Crippen molar-refractivity contribution in [2.24, 2.45) is 0 Å². The Bertz CT molecular complexity index is 449. The van der Waals surface area contributed by atoms with Crippen LogP contribution in [0, 0.1) is 0 Å². The summed E-state index contributed by atoms with van der Waals surface area (Å²) in [7, 11) is 0. The molecule has 2 N–H and O–H groups in total. The van der Waals surface area contributed by atoms with Crippen LogP contribution in [0.1, 0.15) is 13.3 Å². The lowest BCUT2D eigenvalue weighted by Crippen LogP contribution is -2.03. The van der Waals surface area contributed by atoms with Gasteiger partial charge in [0, 0.05) is 12.6 Å². The predicted octanol–water partition coefficient (Wildman–Crippen LogP) is 0.727. The lowest BCUT2D eigenvalue weighted by atomic mass is 10.3. The number of hydrogen-bond donors (Lipinski definition) is 1. The minimum atomic E-state index is 0.448. The number of rotatable bonds is 3. The van der Waals surface area contributed by atoms with Crippen molar-refractivity contribution in [1.82, 2.24) is 25.0 Å². The Morgan fingerprint density at radius 1 is 1.40 bits per heavy atom. The van der Waals surface area contributed by atoms with E-state index in [2.05, 4.69) is 27.2 Å². The molecule has 0 aliphatic heterocycles. The monoisotopic (exact) mass is 204 g/mol. The molecule has 0 saturated heterocycles. The van der Waals surface area contributed by atoms with Gasteiger partial charge in [-0.2, -0.15) is 0 Å². The summed E-state index contributed by atoms with van der Waals surface area (Å²) < 4.78 is 1.81. The summed E-state index contributed by atoms with van der Waals surface area (Å²) >= 11 is 0. The highest BCUT2D eigenvalue weighted by atomic mass is 15.4. The van der Waals surface area contributed by atoms with Gasteiger partial charge in [-0.1, -0.05) is 12.1 Å². The highest BCUT2D eigenvalue weighted by Gasteiger charge is 2.07. The molecule has 0 atom stereocenters. The van der Waals surface area contributed by atoms with E-state index < -0.39 is 0 Å². The van der Waals surface area contributed by atoms with Crippen LogP contribution in [0.5, 0.6) is 0 Å². The summed E-state index contributed by atoms with van der Waals surface area (Å²) in [6, 6.07) is 1.71. The molecule has 15 heavy (non-hydrogen) atoms. The van der Waals surface area contributed by atoms with Gasteiger partial charge in [0.25, 0.3) is 0 Å². The maximum absolute atomic E-state index is 5.59. The van der Waals surface area contributed by atoms with Crippen molar-refractivity contribution < 1.29 is 0 Å². The zero-order chi connectivity index (χ0) is 10.7. The molecular weight excluding hydrogens is 192 g/mol. The Morgan fingerprint density at radius 2 is 2.27 bits per heavy atom. The van der Waals surface area contributed by atoms with Crippen LogP contribution in [-0.2, 0) is 6.54 Å². The number of hydrogen-bond acceptors (Lipinski definition) is 5. The smallest absolute Gasteiger partial charge is 0.127 e. The quantitative estimate of drug-likeness (QED) is 0.796. The molecule has 78 valence electrons. The summed E-state index contributed by atoms with van der Waals surface area (Å²) in [5.74, 6) is 0.448. The summed E-state index contributed by atoms with van der Waals surface area (Å²) in [4.78, 5) is 7.97. The van der Waals surface area contributed by atoms with Crippen LogP contribution in [-0.4, -0.2) is 25.0 Å². The molecule has 0 amide bonds. The molecule has 2 rings (SSSR count). The van der Waals surface area contributed by atoms with Crippen molar-refractivity contribution >= 4 is 5.82 Å². The first-order chi connectivity index (χ1) is 7.31. The molecule has 0 aliphatic rings. The van der Waals surface area contributed by atoms with E-state index in [-0.39, 0.29) is 0 Å². The van der Waals surface area contributed by atoms with Crippen molar-refractivity contribution in [3.8, 4) is 11.4 Å². The topological polar surface area (TPSA) is 82.5 Å². The van der Waals surface area contributed by atoms with Crippen LogP contribution in [0.15, 0.2) is 18.6 Å². The molecular formula is C9H12N6. The zero-order valence-electron chi connectivity index (χ0n) is 8.46. The highest BCUT2D eigenvalue weighted by Crippen LogP contribution is 2.16. The molecule has 0 spiro atoms. The van der Waals surface area contributed by atoms with Crippen molar-refractivity contribution in [3.63, 3.8) is 0 Å². The van der Waals surface area contributed by atoms with Gasteiger partial charge in [0.05, 0.1) is 11.9 Å². The normalized spacial score (nSPS) is 10.5. The molecule has 2 aromatic heterocycles. The summed E-state index contributed by atoms with van der Waals surface area (Å²) in [5.41, 5.74) is 7.21. The van der Waals surface area contributed by atoms with Crippen LogP contribution in [0.3, 0.4) is 0 Å². The van der Waals surface area contributed by atoms with Crippen LogP contribution in [0.2, 0.25) is 0 Å². The summed E-state index contributed by atoms with van der Waals surface area (Å²) in [6.07, 6.45) is 4.11. The zero-order valence-corrected chi connectivity index (χ0v) is 8.46. The van der Waals surface area contributed by atoms with Gasteiger partial charge in [-0.25, -0.2) is 14.6 Å². The standard InChI is InChI=1S/C9H12N6/c1-2-3-15-8(5-13-14-15)7-4-9(10)12-6-11-7/h4-6H,2-3H2,1H3,(H2,10,11,12). The molecule has 0 fully saturated rings. The summed E-state index contributed by atoms with van der Waals surface area (Å²) in [5, 5.41) is 7.84. The van der Waals surface area contributed by atoms with Gasteiger partial charge in [0.2, 0.25) is 0 Å². The Balaban J connectivity index is 2.40. The third kappa shape index (κ3) is 1.93. The minimum Gasteiger partial charge on any atom is -0.384 e. The number of aromatic nitrogens is 5. The molecule has 0 saturated carbocycles. The lowest BCUT2D eigenvalue weighted by molar-refractivity contribution is 0.583. The first-order valence-corrected chi connectivity index (χ1v) is 4.77. The van der Waals surface area contributed by atoms with Gasteiger partial charge in [-0.3, -0.25) is 0 Å². The average Bonchev–Trinajstić information content (AvgIpc) is 2.66. The number of anilines is 1. The number of nitrogens with zero attached hydrogens (tertiary/aromatic N) is 5. The van der Waals surface area contributed by atoms with Gasteiger partial charge in [0.15, 0.2) is 0 Å². The molecule has 0 aromatic carbocycles. The Kier molecular flexibility index (Phi) is 2.57. The second-order valence-electron chi connectivity index (χ2n) is 3.17. The van der Waals surface area contributed by atoms with Crippen LogP contribution in [0.25, 0.3) is 11.4 Å². The first kappa shape index (κ1) is 9.57. The maximum Gasteiger partial charge on any atom is 0.127 e. The van der Waals surface area contributed by atoms with E-state index in [0.717, 1.165) is 24.4 Å². The van der Waals surface area contributed by atoms with Crippen molar-refractivity contribution in [2.45, 2.75) is 19.9 Å². The molecule has 2 aromatic rings. The van der Waals surface area contributed by atoms with E-state index >= 15 is 0 Å². The van der Waals surface area contributed by atoms with Crippen LogP contribution >= 0.6 is 0 Å². The molecule has 0 aliphatic carbocycles. The van der Waals surface area contributed by atoms with E-state index in [1.807, 2.05) is 4.68 Å². The number of nitrogen functional groups attached to an aromatic ring is 1. The first-order valence-electron chi connectivity index (χ1n) is 4.77. The fourth-order valence-corrected chi connectivity index (χ4v) is 1.35. The van der Waals surface area contributed by atoms with Gasteiger partial charge in [-0.05, 0) is 6.42 Å². The molecule has 0 radical (unpaired) electrons. The fraction of sp³-hybridized carbons (Fsp3) is 0.333. The van der Waals surface area contributed by atoms with Gasteiger partial charge in [0.1, 0.15) is 17.8 Å². The second kappa shape index (κ2) is 4.04. The number of nitrogens with two attached hydrogens (primary N) is 1. The Labute approximate surface area is 87.2 Å². The largest absolute Gasteiger partial charge is 0.384 e.